The molecule has 0 aromatic heterocycles. The zero-order valence-electron chi connectivity index (χ0n) is 78.9. The Kier molecular flexibility index (Phi) is 65.7. The van der Waals surface area contributed by atoms with Gasteiger partial charge in [0.25, 0.3) is 0 Å². The molecule has 5 aromatic rings. The molecule has 0 bridgehead atoms. The van der Waals surface area contributed by atoms with Crippen LogP contribution in [-0.4, -0.2) is 310 Å². The molecule has 0 radical (unpaired) electrons. The van der Waals surface area contributed by atoms with Gasteiger partial charge in [-0.25, -0.2) is 38.4 Å². The van der Waals surface area contributed by atoms with Crippen LogP contribution in [0.4, 0.5) is 35.3 Å². The second kappa shape index (κ2) is 75.3. The van der Waals surface area contributed by atoms with Crippen molar-refractivity contribution in [3.05, 3.63) is 257 Å². The number of urea groups is 5. The quantitative estimate of drug-likeness (QED) is 0.00442. The molecule has 34 nitrogen and oxygen atoms in total. The Bertz CT molecular complexity index is 3880. The zero-order valence-corrected chi connectivity index (χ0v) is 81.9. The van der Waals surface area contributed by atoms with Crippen LogP contribution in [0.25, 0.3) is 40.3 Å². The summed E-state index contributed by atoms with van der Waals surface area (Å²) < 4.78 is 14.7. The predicted octanol–water partition coefficient (Wildman–Crippen LogP) is 8.59. The predicted molar refractivity (Wildman–Crippen MR) is 536 cm³/mol. The topological polar surface area (TPSA) is 412 Å². The molecule has 0 saturated carbocycles. The molecule has 3 aliphatic heterocycles. The molecule has 0 unspecified atom stereocenters. The summed E-state index contributed by atoms with van der Waals surface area (Å²) in [6, 6.07) is 37.8. The summed E-state index contributed by atoms with van der Waals surface area (Å²) in [5.74, 6) is -1.63. The van der Waals surface area contributed by atoms with Crippen molar-refractivity contribution in [2.45, 2.75) is 47.0 Å². The van der Waals surface area contributed by atoms with E-state index in [1.54, 1.807) is 12.2 Å². The van der Waals surface area contributed by atoms with Crippen molar-refractivity contribution in [2.75, 3.05) is 253 Å². The van der Waals surface area contributed by atoms with Gasteiger partial charge in [-0.05, 0) is 103 Å². The minimum atomic E-state index is -0.542. The number of rotatable bonds is 37. The molecule has 16 N–H and O–H groups in total. The molecule has 133 heavy (non-hydrogen) atoms. The van der Waals surface area contributed by atoms with Crippen LogP contribution < -0.4 is 85.1 Å². The maximum atomic E-state index is 12.1. The van der Waals surface area contributed by atoms with Crippen LogP contribution in [-0.2, 0) is 74.3 Å². The molecule has 5 aromatic carbocycles. The maximum absolute atomic E-state index is 12.1. The van der Waals surface area contributed by atoms with Gasteiger partial charge in [-0.2, -0.15) is 26.2 Å². The van der Waals surface area contributed by atoms with Crippen molar-refractivity contribution in [3.8, 4) is 0 Å². The van der Waals surface area contributed by atoms with Crippen LogP contribution in [0.2, 0.25) is 0 Å². The maximum Gasteiger partial charge on any atom is 0.333 e. The van der Waals surface area contributed by atoms with Crippen LogP contribution in [0.15, 0.2) is 197 Å². The van der Waals surface area contributed by atoms with Gasteiger partial charge in [0, 0.05) is 224 Å². The second-order valence-electron chi connectivity index (χ2n) is 30.8. The van der Waals surface area contributed by atoms with Gasteiger partial charge in [0.1, 0.15) is 19.8 Å². The van der Waals surface area contributed by atoms with Gasteiger partial charge in [0.05, 0.1) is 19.6 Å². The third-order valence-corrected chi connectivity index (χ3v) is 19.7. The van der Waals surface area contributed by atoms with E-state index in [-0.39, 0.29) is 107 Å². The van der Waals surface area contributed by atoms with Crippen molar-refractivity contribution in [2.24, 2.45) is 0 Å². The van der Waals surface area contributed by atoms with E-state index in [0.717, 1.165) is 199 Å². The molecule has 3 aliphatic rings. The number of esters is 3. The number of benzene rings is 5. The molecule has 726 valence electrons. The number of hydrogen-bond donors (Lipinski definition) is 16. The van der Waals surface area contributed by atoms with E-state index < -0.39 is 36.0 Å². The Labute approximate surface area is 802 Å². The van der Waals surface area contributed by atoms with Crippen molar-refractivity contribution < 1.29 is 72.0 Å². The molecular weight excluding hydrogens is 1740 g/mol. The van der Waals surface area contributed by atoms with E-state index in [2.05, 4.69) is 217 Å². The molecule has 8 rings (SSSR count). The third-order valence-electron chi connectivity index (χ3n) is 19.7. The van der Waals surface area contributed by atoms with Crippen molar-refractivity contribution >= 4 is 83.7 Å². The smallest absolute Gasteiger partial charge is 0.333 e. The fourth-order valence-electron chi connectivity index (χ4n) is 12.3. The number of amides is 10. The summed E-state index contributed by atoms with van der Waals surface area (Å²) in [7, 11) is 0. The van der Waals surface area contributed by atoms with Crippen molar-refractivity contribution in [3.63, 3.8) is 0 Å². The normalized spacial score (nSPS) is 14.3. The Balaban J connectivity index is 0.000000447. The molecule has 3 fully saturated rings. The number of carbonyl (C=O) groups excluding carboxylic acids is 8. The van der Waals surface area contributed by atoms with Gasteiger partial charge < -0.3 is 120 Å². The Morgan fingerprint density at radius 3 is 0.947 bits per heavy atom. The first-order valence-corrected chi connectivity index (χ1v) is 45.3. The number of anilines is 2. The zero-order chi connectivity index (χ0) is 95.7. The fourth-order valence-corrected chi connectivity index (χ4v) is 12.3. The number of ether oxygens (including phenoxy) is 3. The Hall–Kier alpha value is -11.1. The summed E-state index contributed by atoms with van der Waals surface area (Å²) in [6.07, 6.45) is 9.24. The molecular formula is C98H148N23O11Zn-3. The van der Waals surface area contributed by atoms with Crippen LogP contribution in [0.1, 0.15) is 65.3 Å². The van der Waals surface area contributed by atoms with Crippen LogP contribution in [0.3, 0.4) is 0 Å². The number of nitrogens with zero attached hydrogens (tertiary/aromatic N) is 7. The molecule has 10 amide bonds. The summed E-state index contributed by atoms with van der Waals surface area (Å²) >= 11 is 0. The van der Waals surface area contributed by atoms with Crippen molar-refractivity contribution in [1.29, 1.82) is 0 Å². The Morgan fingerprint density at radius 2 is 0.639 bits per heavy atom. The minimum Gasteiger partial charge on any atom is -0.665 e. The SMILES string of the molecule is C=C(C)C(=O)OCCNC(=O)NCCN(CCNC(=O)NCCOC(=O)C(=C)C)CCNC(=O)NCCOC(=O)C(=C)C.C=CCN1CCNCCNCCNCC1.C=Cc1ccc(CN2CCNCCNCCNCC2)cc1.C=Cc1ccc(CN2CC[N-]CC[N-]CC[N-]CC2)cc1.C=Cc1ccc(NC(=O)NCc2cccc(CNC(=O)Nc3ccc(C=C)cc3)c2)cc1.[Zn]. The molecule has 0 spiro atoms. The summed E-state index contributed by atoms with van der Waals surface area (Å²) in [5, 5.41) is 61.1. The average Bonchev–Trinajstić information content (AvgIpc) is 0.872. The standard InChI is InChI=1S/C27H45N7O9.C26H26N4O2.C17H28N4.C17H25N4.C11H24N4.Zn/c1-19(2)22(35)41-16-10-31-25(38)28-7-13-34(14-8-29-26(39)32-11-17-42-23(36)20(3)4)15-9-30-27(40)33-12-18-43-24(37)21(5)6;1-3-19-8-12-23(13-9-19)29-25(31)27-17-21-6-5-7-22(16-21)18-28-26(32)30-24-14-10-20(4-2)11-15-24;2*1-2-16-3-5-17(6-4-16)15-21-13-11-19-9-7-18-8-10-20-12-14-21;1-2-9-15-10-7-13-5-3-12-4-6-14-8-11-15;/h1,3,5,7-18H2,2,4,6H3,(H2,28,31,38)(H2,29,32,39)(H2,30,33,40);3-16H,1-2,17-18H2,(H2,27,29,31)(H2,28,30,32);2-6,18-20H,1,7-15H2;2-6H,1,7-15H2;2,12-14H,1,3-11H2;/q;;;-3;;. The fraction of sp³-hybridized carbons (Fsp3) is 0.449. The summed E-state index contributed by atoms with van der Waals surface area (Å²) in [4.78, 5) is 104. The number of nitrogens with one attached hydrogen (secondary N) is 16. The largest absolute Gasteiger partial charge is 0.665 e. The Morgan fingerprint density at radius 1 is 0.353 bits per heavy atom. The first-order valence-electron chi connectivity index (χ1n) is 45.3. The summed E-state index contributed by atoms with van der Waals surface area (Å²) in [5.41, 5.74) is 11.1. The van der Waals surface area contributed by atoms with Crippen molar-refractivity contribution in [1.82, 2.24) is 94.0 Å². The molecule has 3 saturated heterocycles. The van der Waals surface area contributed by atoms with Gasteiger partial charge in [-0.1, -0.05) is 173 Å². The number of hydrogen-bond acceptors (Lipinski definition) is 21. The van der Waals surface area contributed by atoms with Gasteiger partial charge >= 0.3 is 48.1 Å². The summed E-state index contributed by atoms with van der Waals surface area (Å²) in [6.45, 7) is 63.9. The van der Waals surface area contributed by atoms with E-state index in [1.165, 1.54) is 43.0 Å². The molecule has 35 heteroatoms. The monoisotopic (exact) mass is 1890 g/mol. The van der Waals surface area contributed by atoms with E-state index >= 15 is 0 Å². The van der Waals surface area contributed by atoms with Crippen LogP contribution in [0, 0.1) is 0 Å². The average molecular weight is 1890 g/mol. The van der Waals surface area contributed by atoms with E-state index in [9.17, 15) is 38.4 Å². The van der Waals surface area contributed by atoms with E-state index in [0.29, 0.717) is 44.1 Å². The van der Waals surface area contributed by atoms with Gasteiger partial charge in [-0.15, -0.1) is 19.7 Å². The third kappa shape index (κ3) is 59.9. The van der Waals surface area contributed by atoms with Gasteiger partial charge in [0.15, 0.2) is 0 Å². The van der Waals surface area contributed by atoms with Gasteiger partial charge in [-0.3, -0.25) is 14.7 Å². The molecule has 3 heterocycles. The molecule has 0 atom stereocenters. The van der Waals surface area contributed by atoms with E-state index in [4.69, 9.17) is 14.2 Å². The van der Waals surface area contributed by atoms with E-state index in [1.807, 2.05) is 95.9 Å². The second-order valence-corrected chi connectivity index (χ2v) is 30.8. The first kappa shape index (κ1) is 116. The molecule has 0 aliphatic carbocycles. The van der Waals surface area contributed by atoms with Crippen LogP contribution >= 0.6 is 0 Å². The van der Waals surface area contributed by atoms with Crippen LogP contribution in [0.5, 0.6) is 0 Å². The van der Waals surface area contributed by atoms with Gasteiger partial charge in [0.2, 0.25) is 0 Å². The number of carbonyl (C=O) groups is 8. The first-order chi connectivity index (χ1) is 64.1. The minimum absolute atomic E-state index is 0.